The fraction of sp³-hybridized carbons (Fsp3) is 0.188. The second-order valence-electron chi connectivity index (χ2n) is 4.65. The molecule has 0 atom stereocenters. The lowest BCUT2D eigenvalue weighted by molar-refractivity contribution is -0.118. The van der Waals surface area contributed by atoms with E-state index in [-0.39, 0.29) is 18.3 Å². The van der Waals surface area contributed by atoms with Crippen LogP contribution in [-0.4, -0.2) is 17.6 Å². The summed E-state index contributed by atoms with van der Waals surface area (Å²) in [4.78, 5) is 11.8. The number of anilines is 1. The van der Waals surface area contributed by atoms with Crippen LogP contribution in [0.3, 0.4) is 0 Å². The highest BCUT2D eigenvalue weighted by molar-refractivity contribution is 5.92. The molecule has 0 aliphatic rings. The summed E-state index contributed by atoms with van der Waals surface area (Å²) < 4.78 is 5.40. The highest BCUT2D eigenvalue weighted by Gasteiger charge is 2.06. The Balaban J connectivity index is 1.90. The van der Waals surface area contributed by atoms with Crippen LogP contribution < -0.4 is 10.1 Å². The van der Waals surface area contributed by atoms with Gasteiger partial charge >= 0.3 is 0 Å². The highest BCUT2D eigenvalue weighted by atomic mass is 16.5. The molecule has 0 fully saturated rings. The zero-order chi connectivity index (χ0) is 14.5. The minimum Gasteiger partial charge on any atom is -0.508 e. The summed E-state index contributed by atoms with van der Waals surface area (Å²) in [6.45, 7) is 3.75. The van der Waals surface area contributed by atoms with Gasteiger partial charge in [0.2, 0.25) is 0 Å². The first-order chi connectivity index (χ1) is 9.54. The van der Waals surface area contributed by atoms with Crippen LogP contribution in [0.25, 0.3) is 0 Å². The van der Waals surface area contributed by atoms with Crippen LogP contribution in [0, 0.1) is 13.8 Å². The number of phenols is 1. The van der Waals surface area contributed by atoms with E-state index in [0.717, 1.165) is 11.1 Å². The molecule has 0 aliphatic carbocycles. The standard InChI is InChI=1S/C16H17NO3/c1-11-3-6-14(7-4-11)20-10-16(19)17-15-8-5-13(18)9-12(15)2/h3-9,18H,10H2,1-2H3,(H,17,19). The van der Waals surface area contributed by atoms with E-state index in [0.29, 0.717) is 11.4 Å². The van der Waals surface area contributed by atoms with Gasteiger partial charge in [0.05, 0.1) is 0 Å². The van der Waals surface area contributed by atoms with E-state index in [1.165, 1.54) is 6.07 Å². The van der Waals surface area contributed by atoms with Crippen LogP contribution in [0.15, 0.2) is 42.5 Å². The molecule has 2 aromatic rings. The lowest BCUT2D eigenvalue weighted by atomic mass is 10.2. The largest absolute Gasteiger partial charge is 0.508 e. The van der Waals surface area contributed by atoms with Gasteiger partial charge in [-0.2, -0.15) is 0 Å². The molecule has 1 amide bonds. The van der Waals surface area contributed by atoms with Gasteiger partial charge in [-0.3, -0.25) is 4.79 Å². The molecule has 20 heavy (non-hydrogen) atoms. The number of amides is 1. The van der Waals surface area contributed by atoms with E-state index in [9.17, 15) is 9.90 Å². The molecule has 2 rings (SSSR count). The van der Waals surface area contributed by atoms with E-state index in [4.69, 9.17) is 4.74 Å². The van der Waals surface area contributed by atoms with Crippen molar-refractivity contribution >= 4 is 11.6 Å². The summed E-state index contributed by atoms with van der Waals surface area (Å²) in [6, 6.07) is 12.3. The number of carbonyl (C=O) groups excluding carboxylic acids is 1. The fourth-order valence-electron chi connectivity index (χ4n) is 1.76. The molecule has 0 heterocycles. The van der Waals surface area contributed by atoms with Crippen molar-refractivity contribution in [2.24, 2.45) is 0 Å². The maximum absolute atomic E-state index is 11.8. The van der Waals surface area contributed by atoms with Gasteiger partial charge in [-0.05, 0) is 49.7 Å². The lowest BCUT2D eigenvalue weighted by Crippen LogP contribution is -2.20. The first-order valence-corrected chi connectivity index (χ1v) is 6.33. The van der Waals surface area contributed by atoms with E-state index >= 15 is 0 Å². The molecule has 0 bridgehead atoms. The maximum Gasteiger partial charge on any atom is 0.262 e. The number of carbonyl (C=O) groups is 1. The van der Waals surface area contributed by atoms with Crippen molar-refractivity contribution in [1.29, 1.82) is 0 Å². The number of aryl methyl sites for hydroxylation is 2. The van der Waals surface area contributed by atoms with Gasteiger partial charge in [-0.15, -0.1) is 0 Å². The number of hydrogen-bond donors (Lipinski definition) is 2. The number of phenolic OH excluding ortho intramolecular Hbond substituents is 1. The predicted octanol–water partition coefficient (Wildman–Crippen LogP) is 3.03. The second-order valence-corrected chi connectivity index (χ2v) is 4.65. The molecule has 0 radical (unpaired) electrons. The molecule has 0 aliphatic heterocycles. The van der Waals surface area contributed by atoms with E-state index in [2.05, 4.69) is 5.32 Å². The van der Waals surface area contributed by atoms with Crippen molar-refractivity contribution in [1.82, 2.24) is 0 Å². The molecule has 0 spiro atoms. The average molecular weight is 271 g/mol. The van der Waals surface area contributed by atoms with Gasteiger partial charge in [0, 0.05) is 5.69 Å². The van der Waals surface area contributed by atoms with Gasteiger partial charge in [0.1, 0.15) is 11.5 Å². The first-order valence-electron chi connectivity index (χ1n) is 6.33. The normalized spacial score (nSPS) is 10.1. The molecule has 4 heteroatoms. The van der Waals surface area contributed by atoms with Crippen LogP contribution in [0.1, 0.15) is 11.1 Å². The SMILES string of the molecule is Cc1ccc(OCC(=O)Nc2ccc(O)cc2C)cc1. The summed E-state index contributed by atoms with van der Waals surface area (Å²) in [5.74, 6) is 0.601. The Hall–Kier alpha value is -2.49. The Morgan fingerprint density at radius 3 is 2.50 bits per heavy atom. The number of aromatic hydroxyl groups is 1. The molecule has 2 N–H and O–H groups in total. The third-order valence-corrected chi connectivity index (χ3v) is 2.87. The van der Waals surface area contributed by atoms with Crippen molar-refractivity contribution in [2.75, 3.05) is 11.9 Å². The van der Waals surface area contributed by atoms with Crippen molar-refractivity contribution in [3.8, 4) is 11.5 Å². The number of nitrogens with one attached hydrogen (secondary N) is 1. The summed E-state index contributed by atoms with van der Waals surface area (Å²) in [5, 5.41) is 12.1. The van der Waals surface area contributed by atoms with Crippen molar-refractivity contribution in [2.45, 2.75) is 13.8 Å². The first kappa shape index (κ1) is 13.9. The van der Waals surface area contributed by atoms with E-state index in [1.54, 1.807) is 12.1 Å². The van der Waals surface area contributed by atoms with Crippen molar-refractivity contribution in [3.05, 3.63) is 53.6 Å². The zero-order valence-corrected chi connectivity index (χ0v) is 11.5. The molecule has 104 valence electrons. The van der Waals surface area contributed by atoms with Crippen LogP contribution in [0.5, 0.6) is 11.5 Å². The minimum atomic E-state index is -0.237. The third kappa shape index (κ3) is 3.75. The number of rotatable bonds is 4. The van der Waals surface area contributed by atoms with E-state index < -0.39 is 0 Å². The molecule has 0 saturated heterocycles. The topological polar surface area (TPSA) is 58.6 Å². The quantitative estimate of drug-likeness (QED) is 0.840. The number of benzene rings is 2. The molecule has 2 aromatic carbocycles. The average Bonchev–Trinajstić information content (AvgIpc) is 2.41. The summed E-state index contributed by atoms with van der Waals surface area (Å²) >= 11 is 0. The van der Waals surface area contributed by atoms with Crippen LogP contribution in [-0.2, 0) is 4.79 Å². The molecular formula is C16H17NO3. The maximum atomic E-state index is 11.8. The highest BCUT2D eigenvalue weighted by Crippen LogP contribution is 2.20. The minimum absolute atomic E-state index is 0.0522. The Bertz CT molecular complexity index is 606. The molecule has 0 saturated carbocycles. The monoisotopic (exact) mass is 271 g/mol. The van der Waals surface area contributed by atoms with Gasteiger partial charge in [0.15, 0.2) is 6.61 Å². The lowest BCUT2D eigenvalue weighted by Gasteiger charge is -2.10. The van der Waals surface area contributed by atoms with Crippen LogP contribution in [0.2, 0.25) is 0 Å². The number of hydrogen-bond acceptors (Lipinski definition) is 3. The second kappa shape index (κ2) is 6.10. The van der Waals surface area contributed by atoms with E-state index in [1.807, 2.05) is 38.1 Å². The third-order valence-electron chi connectivity index (χ3n) is 2.87. The molecule has 0 unspecified atom stereocenters. The van der Waals surface area contributed by atoms with Gasteiger partial charge in [0.25, 0.3) is 5.91 Å². The summed E-state index contributed by atoms with van der Waals surface area (Å²) in [5.41, 5.74) is 2.61. The van der Waals surface area contributed by atoms with Crippen LogP contribution >= 0.6 is 0 Å². The van der Waals surface area contributed by atoms with Gasteiger partial charge in [-0.25, -0.2) is 0 Å². The van der Waals surface area contributed by atoms with Gasteiger partial charge in [-0.1, -0.05) is 17.7 Å². The van der Waals surface area contributed by atoms with Crippen LogP contribution in [0.4, 0.5) is 5.69 Å². The smallest absolute Gasteiger partial charge is 0.262 e. The Kier molecular flexibility index (Phi) is 4.25. The Morgan fingerprint density at radius 2 is 1.85 bits per heavy atom. The number of ether oxygens (including phenoxy) is 1. The molecule has 0 aromatic heterocycles. The summed E-state index contributed by atoms with van der Waals surface area (Å²) in [7, 11) is 0. The summed E-state index contributed by atoms with van der Waals surface area (Å²) in [6.07, 6.45) is 0. The Labute approximate surface area is 118 Å². The molecule has 4 nitrogen and oxygen atoms in total. The van der Waals surface area contributed by atoms with Crippen molar-refractivity contribution in [3.63, 3.8) is 0 Å². The van der Waals surface area contributed by atoms with Crippen molar-refractivity contribution < 1.29 is 14.6 Å². The zero-order valence-electron chi connectivity index (χ0n) is 11.5. The fourth-order valence-corrected chi connectivity index (χ4v) is 1.76. The predicted molar refractivity (Wildman–Crippen MR) is 78.1 cm³/mol. The molecular weight excluding hydrogens is 254 g/mol. The Morgan fingerprint density at radius 1 is 1.15 bits per heavy atom. The van der Waals surface area contributed by atoms with Gasteiger partial charge < -0.3 is 15.2 Å².